The predicted molar refractivity (Wildman–Crippen MR) is 95.8 cm³/mol. The molecule has 0 spiro atoms. The molecule has 0 bridgehead atoms. The topological polar surface area (TPSA) is 68.8 Å². The van der Waals surface area contributed by atoms with E-state index in [2.05, 4.69) is 10.6 Å². The van der Waals surface area contributed by atoms with Crippen LogP contribution in [0, 0.1) is 0 Å². The van der Waals surface area contributed by atoms with E-state index < -0.39 is 0 Å². The van der Waals surface area contributed by atoms with Gasteiger partial charge in [0.25, 0.3) is 0 Å². The van der Waals surface area contributed by atoms with E-state index in [-0.39, 0.29) is 6.03 Å². The van der Waals surface area contributed by atoms with E-state index in [0.717, 1.165) is 16.7 Å². The molecule has 0 unspecified atom stereocenters. The zero-order chi connectivity index (χ0) is 18.1. The summed E-state index contributed by atoms with van der Waals surface area (Å²) in [6.07, 6.45) is 0. The maximum atomic E-state index is 12.0. The van der Waals surface area contributed by atoms with E-state index in [4.69, 9.17) is 14.2 Å². The van der Waals surface area contributed by atoms with Crippen LogP contribution in [-0.2, 0) is 24.4 Å². The Kier molecular flexibility index (Phi) is 7.10. The molecule has 134 valence electrons. The molecule has 0 aromatic heterocycles. The lowest BCUT2D eigenvalue weighted by atomic mass is 10.1. The molecule has 2 rings (SSSR count). The summed E-state index contributed by atoms with van der Waals surface area (Å²) in [5.41, 5.74) is 3.02. The van der Waals surface area contributed by atoms with Crippen molar-refractivity contribution in [2.45, 2.75) is 19.7 Å². The number of methoxy groups -OCH3 is 3. The van der Waals surface area contributed by atoms with Crippen molar-refractivity contribution in [3.8, 4) is 11.5 Å². The lowest BCUT2D eigenvalue weighted by molar-refractivity contribution is 0.184. The number of rotatable bonds is 8. The summed E-state index contributed by atoms with van der Waals surface area (Å²) in [6.45, 7) is 1.36. The van der Waals surface area contributed by atoms with E-state index >= 15 is 0 Å². The zero-order valence-electron chi connectivity index (χ0n) is 14.8. The van der Waals surface area contributed by atoms with E-state index in [9.17, 15) is 4.79 Å². The highest BCUT2D eigenvalue weighted by Gasteiger charge is 2.07. The van der Waals surface area contributed by atoms with Gasteiger partial charge in [-0.05, 0) is 28.8 Å². The molecule has 0 aliphatic heterocycles. The molecular formula is C19H24N2O4. The molecule has 0 atom stereocenters. The van der Waals surface area contributed by atoms with Gasteiger partial charge >= 0.3 is 6.03 Å². The van der Waals surface area contributed by atoms with Gasteiger partial charge in [-0.3, -0.25) is 0 Å². The van der Waals surface area contributed by atoms with Gasteiger partial charge in [-0.25, -0.2) is 4.79 Å². The summed E-state index contributed by atoms with van der Waals surface area (Å²) in [7, 11) is 4.82. The lowest BCUT2D eigenvalue weighted by Gasteiger charge is -2.12. The highest BCUT2D eigenvalue weighted by atomic mass is 16.5. The fourth-order valence-corrected chi connectivity index (χ4v) is 2.44. The Hall–Kier alpha value is -2.73. The molecule has 6 nitrogen and oxygen atoms in total. The van der Waals surface area contributed by atoms with Crippen LogP contribution in [0.2, 0.25) is 0 Å². The van der Waals surface area contributed by atoms with Gasteiger partial charge in [0.2, 0.25) is 0 Å². The normalized spacial score (nSPS) is 10.2. The van der Waals surface area contributed by atoms with Crippen LogP contribution in [0.1, 0.15) is 16.7 Å². The van der Waals surface area contributed by atoms with Crippen molar-refractivity contribution in [1.29, 1.82) is 0 Å². The number of carbonyl (C=O) groups excluding carboxylic acids is 1. The minimum atomic E-state index is -0.234. The van der Waals surface area contributed by atoms with Crippen LogP contribution in [0.4, 0.5) is 4.79 Å². The first-order chi connectivity index (χ1) is 12.2. The van der Waals surface area contributed by atoms with Gasteiger partial charge in [0, 0.05) is 20.2 Å². The quantitative estimate of drug-likeness (QED) is 0.773. The van der Waals surface area contributed by atoms with Crippen molar-refractivity contribution < 1.29 is 19.0 Å². The summed E-state index contributed by atoms with van der Waals surface area (Å²) in [6, 6.07) is 13.2. The van der Waals surface area contributed by atoms with Crippen LogP contribution in [0.3, 0.4) is 0 Å². The summed E-state index contributed by atoms with van der Waals surface area (Å²) >= 11 is 0. The molecular weight excluding hydrogens is 320 g/mol. The van der Waals surface area contributed by atoms with Crippen molar-refractivity contribution >= 4 is 6.03 Å². The van der Waals surface area contributed by atoms with Gasteiger partial charge in [0.1, 0.15) is 0 Å². The second kappa shape index (κ2) is 9.54. The first-order valence-corrected chi connectivity index (χ1v) is 7.96. The zero-order valence-corrected chi connectivity index (χ0v) is 14.8. The molecule has 2 N–H and O–H groups in total. The van der Waals surface area contributed by atoms with Gasteiger partial charge in [-0.2, -0.15) is 0 Å². The van der Waals surface area contributed by atoms with Crippen molar-refractivity contribution in [3.63, 3.8) is 0 Å². The molecule has 0 heterocycles. The third-order valence-corrected chi connectivity index (χ3v) is 3.76. The van der Waals surface area contributed by atoms with E-state index in [1.54, 1.807) is 21.3 Å². The minimum Gasteiger partial charge on any atom is -0.493 e. The van der Waals surface area contributed by atoms with Gasteiger partial charge in [0.05, 0.1) is 20.8 Å². The first kappa shape index (κ1) is 18.6. The monoisotopic (exact) mass is 344 g/mol. The maximum absolute atomic E-state index is 12.0. The molecule has 6 heteroatoms. The average Bonchev–Trinajstić information content (AvgIpc) is 2.65. The van der Waals surface area contributed by atoms with Gasteiger partial charge < -0.3 is 24.8 Å². The standard InChI is InChI=1S/C19H24N2O4/c1-23-13-16-7-5-4-6-15(16)12-21-19(22)20-11-14-8-9-17(24-2)18(10-14)25-3/h4-10H,11-13H2,1-3H3,(H2,20,21,22). The van der Waals surface area contributed by atoms with Crippen molar-refractivity contribution in [2.75, 3.05) is 21.3 Å². The summed E-state index contributed by atoms with van der Waals surface area (Å²) in [5.74, 6) is 1.29. The van der Waals surface area contributed by atoms with Crippen LogP contribution in [-0.4, -0.2) is 27.4 Å². The number of ether oxygens (including phenoxy) is 3. The predicted octanol–water partition coefficient (Wildman–Crippen LogP) is 2.85. The van der Waals surface area contributed by atoms with Crippen LogP contribution < -0.4 is 20.1 Å². The molecule has 0 aliphatic rings. The number of urea groups is 1. The second-order valence-electron chi connectivity index (χ2n) is 5.43. The minimum absolute atomic E-state index is 0.234. The van der Waals surface area contributed by atoms with Gasteiger partial charge in [-0.1, -0.05) is 30.3 Å². The molecule has 0 fully saturated rings. The number of benzene rings is 2. The summed E-state index contributed by atoms with van der Waals surface area (Å²) in [4.78, 5) is 12.0. The Labute approximate surface area is 148 Å². The Morgan fingerprint density at radius 2 is 1.56 bits per heavy atom. The SMILES string of the molecule is COCc1ccccc1CNC(=O)NCc1ccc(OC)c(OC)c1. The Balaban J connectivity index is 1.87. The van der Waals surface area contributed by atoms with Gasteiger partial charge in [-0.15, -0.1) is 0 Å². The number of hydrogen-bond donors (Lipinski definition) is 2. The molecule has 2 amide bonds. The molecule has 2 aromatic rings. The van der Waals surface area contributed by atoms with E-state index in [1.165, 1.54) is 0 Å². The van der Waals surface area contributed by atoms with E-state index in [1.807, 2.05) is 42.5 Å². The highest BCUT2D eigenvalue weighted by molar-refractivity contribution is 5.73. The fourth-order valence-electron chi connectivity index (χ4n) is 2.44. The molecule has 0 saturated carbocycles. The van der Waals surface area contributed by atoms with Crippen molar-refractivity contribution in [1.82, 2.24) is 10.6 Å². The first-order valence-electron chi connectivity index (χ1n) is 7.96. The van der Waals surface area contributed by atoms with E-state index in [0.29, 0.717) is 31.2 Å². The number of nitrogens with one attached hydrogen (secondary N) is 2. The maximum Gasteiger partial charge on any atom is 0.315 e. The molecule has 2 aromatic carbocycles. The number of hydrogen-bond acceptors (Lipinski definition) is 4. The highest BCUT2D eigenvalue weighted by Crippen LogP contribution is 2.27. The number of carbonyl (C=O) groups is 1. The molecule has 0 saturated heterocycles. The third-order valence-electron chi connectivity index (χ3n) is 3.76. The van der Waals surface area contributed by atoms with Crippen LogP contribution >= 0.6 is 0 Å². The van der Waals surface area contributed by atoms with Crippen LogP contribution in [0.15, 0.2) is 42.5 Å². The third kappa shape index (κ3) is 5.39. The summed E-state index contributed by atoms with van der Waals surface area (Å²) in [5, 5.41) is 5.69. The van der Waals surface area contributed by atoms with Gasteiger partial charge in [0.15, 0.2) is 11.5 Å². The Bertz CT molecular complexity index is 704. The van der Waals surface area contributed by atoms with Crippen LogP contribution in [0.5, 0.6) is 11.5 Å². The molecule has 25 heavy (non-hydrogen) atoms. The van der Waals surface area contributed by atoms with Crippen LogP contribution in [0.25, 0.3) is 0 Å². The largest absolute Gasteiger partial charge is 0.493 e. The molecule has 0 radical (unpaired) electrons. The average molecular weight is 344 g/mol. The Morgan fingerprint density at radius 3 is 2.24 bits per heavy atom. The fraction of sp³-hybridized carbons (Fsp3) is 0.316. The lowest BCUT2D eigenvalue weighted by Crippen LogP contribution is -2.34. The molecule has 0 aliphatic carbocycles. The second-order valence-corrected chi connectivity index (χ2v) is 5.43. The van der Waals surface area contributed by atoms with Crippen molar-refractivity contribution in [3.05, 3.63) is 59.2 Å². The summed E-state index contributed by atoms with van der Waals surface area (Å²) < 4.78 is 15.6. The Morgan fingerprint density at radius 1 is 0.880 bits per heavy atom. The smallest absolute Gasteiger partial charge is 0.315 e. The number of amides is 2. The van der Waals surface area contributed by atoms with Crippen molar-refractivity contribution in [2.24, 2.45) is 0 Å².